The van der Waals surface area contributed by atoms with Crippen molar-refractivity contribution in [3.8, 4) is 11.4 Å². The smallest absolute Gasteiger partial charge is 0.262 e. The topological polar surface area (TPSA) is 69.0 Å². The number of benzene rings is 3. The lowest BCUT2D eigenvalue weighted by Crippen LogP contribution is -2.20. The Morgan fingerprint density at radius 3 is 2.48 bits per heavy atom. The number of rotatable bonds is 5. The number of hydrogen-bond donors (Lipinski definition) is 1. The molecule has 0 fully saturated rings. The number of amides is 1. The molecule has 3 aromatic carbocycles. The van der Waals surface area contributed by atoms with Crippen LogP contribution >= 0.6 is 11.6 Å². The molecule has 7 heteroatoms. The minimum Gasteiger partial charge on any atom is -0.484 e. The number of carbonyl (C=O) groups is 1. The van der Waals surface area contributed by atoms with Crippen LogP contribution in [0.25, 0.3) is 16.7 Å². The highest BCUT2D eigenvalue weighted by Gasteiger charge is 2.11. The Morgan fingerprint density at radius 2 is 1.76 bits per heavy atom. The Kier molecular flexibility index (Phi) is 5.18. The molecule has 0 saturated carbocycles. The average molecular weight is 407 g/mol. The normalized spacial score (nSPS) is 10.9. The number of nitrogens with zero attached hydrogens (tertiary/aromatic N) is 3. The van der Waals surface area contributed by atoms with Gasteiger partial charge in [0.2, 0.25) is 0 Å². The first-order chi connectivity index (χ1) is 14.0. The lowest BCUT2D eigenvalue weighted by atomic mass is 10.1. The summed E-state index contributed by atoms with van der Waals surface area (Å²) in [5, 5.41) is 12.5. The van der Waals surface area contributed by atoms with Crippen LogP contribution in [0.3, 0.4) is 0 Å². The molecule has 29 heavy (non-hydrogen) atoms. The first-order valence-electron chi connectivity index (χ1n) is 9.11. The van der Waals surface area contributed by atoms with E-state index in [1.807, 2.05) is 62.4 Å². The number of fused-ring (bicyclic) bond motifs is 1. The summed E-state index contributed by atoms with van der Waals surface area (Å²) in [5.41, 5.74) is 4.88. The van der Waals surface area contributed by atoms with Gasteiger partial charge in [-0.25, -0.2) is 0 Å². The van der Waals surface area contributed by atoms with Crippen molar-refractivity contribution in [3.63, 3.8) is 0 Å². The first kappa shape index (κ1) is 19.0. The van der Waals surface area contributed by atoms with Gasteiger partial charge in [-0.15, -0.1) is 10.2 Å². The highest BCUT2D eigenvalue weighted by molar-refractivity contribution is 6.30. The molecule has 0 aliphatic heterocycles. The standard InChI is InChI=1S/C22H19ClN4O2/c1-14-4-3-5-18(10-14)29-13-22(28)24-19-12-21-20(11-15(19)2)25-27(26-21)17-8-6-16(23)7-9-17/h3-12H,13H2,1-2H3,(H,24,28). The van der Waals surface area contributed by atoms with Crippen molar-refractivity contribution in [2.24, 2.45) is 0 Å². The second-order valence-electron chi connectivity index (χ2n) is 6.78. The van der Waals surface area contributed by atoms with E-state index in [9.17, 15) is 4.79 Å². The summed E-state index contributed by atoms with van der Waals surface area (Å²) in [6, 6.07) is 18.6. The van der Waals surface area contributed by atoms with E-state index in [1.54, 1.807) is 16.9 Å². The fourth-order valence-electron chi connectivity index (χ4n) is 2.93. The van der Waals surface area contributed by atoms with E-state index < -0.39 is 0 Å². The summed E-state index contributed by atoms with van der Waals surface area (Å²) in [7, 11) is 0. The van der Waals surface area contributed by atoms with E-state index in [1.165, 1.54) is 0 Å². The van der Waals surface area contributed by atoms with Crippen LogP contribution in [0, 0.1) is 13.8 Å². The number of nitrogens with one attached hydrogen (secondary N) is 1. The van der Waals surface area contributed by atoms with E-state index in [4.69, 9.17) is 16.3 Å². The molecule has 146 valence electrons. The zero-order chi connectivity index (χ0) is 20.4. The molecule has 6 nitrogen and oxygen atoms in total. The van der Waals surface area contributed by atoms with Gasteiger partial charge in [0.1, 0.15) is 16.8 Å². The maximum atomic E-state index is 12.3. The van der Waals surface area contributed by atoms with E-state index in [2.05, 4.69) is 15.5 Å². The lowest BCUT2D eigenvalue weighted by Gasteiger charge is -2.10. The van der Waals surface area contributed by atoms with Gasteiger partial charge >= 0.3 is 0 Å². The second-order valence-corrected chi connectivity index (χ2v) is 7.21. The van der Waals surface area contributed by atoms with Crippen LogP contribution in [0.4, 0.5) is 5.69 Å². The molecular formula is C22H19ClN4O2. The van der Waals surface area contributed by atoms with Gasteiger partial charge < -0.3 is 10.1 Å². The maximum absolute atomic E-state index is 12.3. The van der Waals surface area contributed by atoms with E-state index in [-0.39, 0.29) is 12.5 Å². The summed E-state index contributed by atoms with van der Waals surface area (Å²) in [6.45, 7) is 3.82. The molecule has 1 heterocycles. The molecule has 0 aliphatic rings. The summed E-state index contributed by atoms with van der Waals surface area (Å²) in [4.78, 5) is 13.9. The SMILES string of the molecule is Cc1cccc(OCC(=O)Nc2cc3nn(-c4ccc(Cl)cc4)nc3cc2C)c1. The quantitative estimate of drug-likeness (QED) is 0.521. The molecule has 0 saturated heterocycles. The number of halogens is 1. The third-order valence-corrected chi connectivity index (χ3v) is 4.67. The molecule has 0 radical (unpaired) electrons. The molecule has 4 rings (SSSR count). The average Bonchev–Trinajstić information content (AvgIpc) is 3.10. The molecule has 1 aromatic heterocycles. The third-order valence-electron chi connectivity index (χ3n) is 4.42. The zero-order valence-electron chi connectivity index (χ0n) is 16.0. The lowest BCUT2D eigenvalue weighted by molar-refractivity contribution is -0.118. The van der Waals surface area contributed by atoms with Crippen LogP contribution in [0.15, 0.2) is 60.7 Å². The van der Waals surface area contributed by atoms with Crippen molar-refractivity contribution in [1.29, 1.82) is 0 Å². The Balaban J connectivity index is 1.50. The Labute approximate surface area is 173 Å². The van der Waals surface area contributed by atoms with Crippen molar-refractivity contribution >= 4 is 34.2 Å². The summed E-state index contributed by atoms with van der Waals surface area (Å²) in [5.74, 6) is 0.428. The Morgan fingerprint density at radius 1 is 1.03 bits per heavy atom. The summed E-state index contributed by atoms with van der Waals surface area (Å²) in [6.07, 6.45) is 0. The molecule has 1 N–H and O–H groups in total. The molecule has 0 aliphatic carbocycles. The highest BCUT2D eigenvalue weighted by Crippen LogP contribution is 2.23. The van der Waals surface area contributed by atoms with Gasteiger partial charge in [-0.2, -0.15) is 4.80 Å². The third kappa shape index (κ3) is 4.38. The summed E-state index contributed by atoms with van der Waals surface area (Å²) >= 11 is 5.94. The minimum absolute atomic E-state index is 0.0710. The largest absolute Gasteiger partial charge is 0.484 e. The van der Waals surface area contributed by atoms with Crippen molar-refractivity contribution < 1.29 is 9.53 Å². The van der Waals surface area contributed by atoms with Crippen molar-refractivity contribution in [1.82, 2.24) is 15.0 Å². The van der Waals surface area contributed by atoms with Crippen molar-refractivity contribution in [2.75, 3.05) is 11.9 Å². The molecule has 0 spiro atoms. The van der Waals surface area contributed by atoms with Crippen molar-refractivity contribution in [3.05, 3.63) is 76.8 Å². The number of carbonyl (C=O) groups excluding carboxylic acids is 1. The molecule has 0 unspecified atom stereocenters. The number of aryl methyl sites for hydroxylation is 2. The van der Waals surface area contributed by atoms with Crippen LogP contribution in [0.2, 0.25) is 5.02 Å². The Bertz CT molecular complexity index is 1190. The van der Waals surface area contributed by atoms with E-state index in [0.29, 0.717) is 22.0 Å². The number of hydrogen-bond acceptors (Lipinski definition) is 4. The van der Waals surface area contributed by atoms with Gasteiger partial charge in [0.05, 0.1) is 5.69 Å². The van der Waals surface area contributed by atoms with Gasteiger partial charge in [0, 0.05) is 10.7 Å². The molecular weight excluding hydrogens is 388 g/mol. The van der Waals surface area contributed by atoms with Crippen LogP contribution in [-0.4, -0.2) is 27.5 Å². The van der Waals surface area contributed by atoms with Gasteiger partial charge in [0.15, 0.2) is 6.61 Å². The number of anilines is 1. The van der Waals surface area contributed by atoms with Crippen LogP contribution in [0.5, 0.6) is 5.75 Å². The fourth-order valence-corrected chi connectivity index (χ4v) is 3.06. The number of aromatic nitrogens is 3. The zero-order valence-corrected chi connectivity index (χ0v) is 16.8. The van der Waals surface area contributed by atoms with E-state index >= 15 is 0 Å². The maximum Gasteiger partial charge on any atom is 0.262 e. The first-order valence-corrected chi connectivity index (χ1v) is 9.49. The highest BCUT2D eigenvalue weighted by atomic mass is 35.5. The predicted octanol–water partition coefficient (Wildman–Crippen LogP) is 4.71. The predicted molar refractivity (Wildman–Crippen MR) is 114 cm³/mol. The van der Waals surface area contributed by atoms with Crippen LogP contribution in [-0.2, 0) is 4.79 Å². The molecule has 1 amide bonds. The van der Waals surface area contributed by atoms with Gasteiger partial charge in [-0.1, -0.05) is 23.7 Å². The fraction of sp³-hybridized carbons (Fsp3) is 0.136. The minimum atomic E-state index is -0.237. The van der Waals surface area contributed by atoms with Gasteiger partial charge in [-0.05, 0) is 73.5 Å². The van der Waals surface area contributed by atoms with Crippen LogP contribution < -0.4 is 10.1 Å². The molecule has 0 bridgehead atoms. The summed E-state index contributed by atoms with van der Waals surface area (Å²) < 4.78 is 5.56. The monoisotopic (exact) mass is 406 g/mol. The molecule has 4 aromatic rings. The number of ether oxygens (including phenoxy) is 1. The molecule has 0 atom stereocenters. The van der Waals surface area contributed by atoms with Gasteiger partial charge in [0.25, 0.3) is 5.91 Å². The van der Waals surface area contributed by atoms with Crippen molar-refractivity contribution in [2.45, 2.75) is 13.8 Å². The van der Waals surface area contributed by atoms with E-state index in [0.717, 1.165) is 22.3 Å². The van der Waals surface area contributed by atoms with Crippen LogP contribution in [0.1, 0.15) is 11.1 Å². The Hall–Kier alpha value is -3.38. The van der Waals surface area contributed by atoms with Gasteiger partial charge in [-0.3, -0.25) is 4.79 Å². The second kappa shape index (κ2) is 7.93.